The quantitative estimate of drug-likeness (QED) is 0.850. The molecule has 1 aromatic rings. The van der Waals surface area contributed by atoms with Crippen LogP contribution in [0.2, 0.25) is 0 Å². The fraction of sp³-hybridized carbons (Fsp3) is 0.684. The number of piperidine rings is 1. The van der Waals surface area contributed by atoms with Crippen LogP contribution >= 0.6 is 0 Å². The Labute approximate surface area is 134 Å². The van der Waals surface area contributed by atoms with Crippen molar-refractivity contribution in [3.8, 4) is 0 Å². The van der Waals surface area contributed by atoms with E-state index >= 15 is 0 Å². The summed E-state index contributed by atoms with van der Waals surface area (Å²) >= 11 is 0. The van der Waals surface area contributed by atoms with Gasteiger partial charge in [0.25, 0.3) is 0 Å². The third kappa shape index (κ3) is 4.31. The third-order valence-corrected chi connectivity index (χ3v) is 4.98. The van der Waals surface area contributed by atoms with Gasteiger partial charge in [-0.25, -0.2) is 0 Å². The standard InChI is InChI=1S/C19H29NO2/c1-15-3-4-17(16(2)13-15)14-20-9-5-18(6-10-20)22-19-7-11-21-12-8-19/h3-4,13,18-19H,5-12,14H2,1-2H3. The molecule has 0 atom stereocenters. The van der Waals surface area contributed by atoms with Gasteiger partial charge in [-0.15, -0.1) is 0 Å². The van der Waals surface area contributed by atoms with Crippen LogP contribution in [0.25, 0.3) is 0 Å². The second kappa shape index (κ2) is 7.58. The summed E-state index contributed by atoms with van der Waals surface area (Å²) in [5.74, 6) is 0. The molecule has 0 spiro atoms. The minimum Gasteiger partial charge on any atom is -0.381 e. The highest BCUT2D eigenvalue weighted by atomic mass is 16.5. The average molecular weight is 303 g/mol. The van der Waals surface area contributed by atoms with E-state index in [1.54, 1.807) is 0 Å². The zero-order valence-electron chi connectivity index (χ0n) is 14.0. The van der Waals surface area contributed by atoms with Crippen molar-refractivity contribution in [3.63, 3.8) is 0 Å². The number of hydrogen-bond acceptors (Lipinski definition) is 3. The lowest BCUT2D eigenvalue weighted by atomic mass is 10.0. The van der Waals surface area contributed by atoms with Gasteiger partial charge in [-0.05, 0) is 50.7 Å². The molecule has 0 aliphatic carbocycles. The lowest BCUT2D eigenvalue weighted by molar-refractivity contribution is -0.0851. The summed E-state index contributed by atoms with van der Waals surface area (Å²) in [6, 6.07) is 6.80. The SMILES string of the molecule is Cc1ccc(CN2CCC(OC3CCOCC3)CC2)c(C)c1. The Morgan fingerprint density at radius 2 is 1.73 bits per heavy atom. The summed E-state index contributed by atoms with van der Waals surface area (Å²) in [6.07, 6.45) is 5.37. The molecule has 2 saturated heterocycles. The first-order valence-electron chi connectivity index (χ1n) is 8.72. The molecule has 1 aromatic carbocycles. The summed E-state index contributed by atoms with van der Waals surface area (Å²) in [5, 5.41) is 0. The Balaban J connectivity index is 1.45. The first-order valence-corrected chi connectivity index (χ1v) is 8.72. The zero-order valence-corrected chi connectivity index (χ0v) is 14.0. The fourth-order valence-electron chi connectivity index (χ4n) is 3.55. The van der Waals surface area contributed by atoms with E-state index in [9.17, 15) is 0 Å². The number of ether oxygens (including phenoxy) is 2. The van der Waals surface area contributed by atoms with E-state index in [-0.39, 0.29) is 0 Å². The van der Waals surface area contributed by atoms with Crippen molar-refractivity contribution in [1.29, 1.82) is 0 Å². The van der Waals surface area contributed by atoms with Gasteiger partial charge < -0.3 is 9.47 Å². The molecule has 0 amide bonds. The van der Waals surface area contributed by atoms with Crippen molar-refractivity contribution in [2.24, 2.45) is 0 Å². The first-order chi connectivity index (χ1) is 10.7. The largest absolute Gasteiger partial charge is 0.381 e. The predicted molar refractivity (Wildman–Crippen MR) is 89.1 cm³/mol. The predicted octanol–water partition coefficient (Wildman–Crippen LogP) is 3.46. The molecule has 2 aliphatic rings. The van der Waals surface area contributed by atoms with Crippen LogP contribution in [0, 0.1) is 13.8 Å². The van der Waals surface area contributed by atoms with E-state index in [1.807, 2.05) is 0 Å². The monoisotopic (exact) mass is 303 g/mol. The van der Waals surface area contributed by atoms with E-state index in [2.05, 4.69) is 36.9 Å². The van der Waals surface area contributed by atoms with Crippen molar-refractivity contribution in [2.75, 3.05) is 26.3 Å². The van der Waals surface area contributed by atoms with Gasteiger partial charge in [-0.1, -0.05) is 23.8 Å². The molecular weight excluding hydrogens is 274 g/mol. The number of benzene rings is 1. The number of nitrogens with zero attached hydrogens (tertiary/aromatic N) is 1. The highest BCUT2D eigenvalue weighted by molar-refractivity contribution is 5.30. The number of likely N-dealkylation sites (tertiary alicyclic amines) is 1. The maximum absolute atomic E-state index is 6.26. The highest BCUT2D eigenvalue weighted by Gasteiger charge is 2.24. The first kappa shape index (κ1) is 16.0. The van der Waals surface area contributed by atoms with Gasteiger partial charge in [0, 0.05) is 32.8 Å². The topological polar surface area (TPSA) is 21.7 Å². The van der Waals surface area contributed by atoms with E-state index in [1.165, 1.54) is 29.5 Å². The normalized spacial score (nSPS) is 22.1. The molecule has 2 aliphatic heterocycles. The van der Waals surface area contributed by atoms with Crippen LogP contribution in [0.4, 0.5) is 0 Å². The molecule has 0 saturated carbocycles. The van der Waals surface area contributed by atoms with Gasteiger partial charge in [0.15, 0.2) is 0 Å². The summed E-state index contributed by atoms with van der Waals surface area (Å²) in [7, 11) is 0. The minimum atomic E-state index is 0.435. The molecule has 0 N–H and O–H groups in total. The van der Waals surface area contributed by atoms with E-state index < -0.39 is 0 Å². The number of hydrogen-bond donors (Lipinski definition) is 0. The summed E-state index contributed by atoms with van der Waals surface area (Å²) in [5.41, 5.74) is 4.24. The van der Waals surface area contributed by atoms with Crippen LogP contribution in [-0.4, -0.2) is 43.4 Å². The molecule has 122 valence electrons. The second-order valence-corrected chi connectivity index (χ2v) is 6.85. The van der Waals surface area contributed by atoms with Gasteiger partial charge in [0.05, 0.1) is 12.2 Å². The van der Waals surface area contributed by atoms with Crippen molar-refractivity contribution < 1.29 is 9.47 Å². The lowest BCUT2D eigenvalue weighted by Crippen LogP contribution is -2.39. The smallest absolute Gasteiger partial charge is 0.0622 e. The van der Waals surface area contributed by atoms with Gasteiger partial charge >= 0.3 is 0 Å². The lowest BCUT2D eigenvalue weighted by Gasteiger charge is -2.35. The maximum Gasteiger partial charge on any atom is 0.0622 e. The van der Waals surface area contributed by atoms with Crippen LogP contribution in [-0.2, 0) is 16.0 Å². The molecule has 22 heavy (non-hydrogen) atoms. The van der Waals surface area contributed by atoms with Gasteiger partial charge in [-0.3, -0.25) is 4.90 Å². The van der Waals surface area contributed by atoms with Crippen molar-refractivity contribution in [3.05, 3.63) is 34.9 Å². The third-order valence-electron chi connectivity index (χ3n) is 4.98. The second-order valence-electron chi connectivity index (χ2n) is 6.85. The van der Waals surface area contributed by atoms with Crippen molar-refractivity contribution in [1.82, 2.24) is 4.90 Å². The van der Waals surface area contributed by atoms with Crippen LogP contribution in [0.5, 0.6) is 0 Å². The molecule has 3 rings (SSSR count). The van der Waals surface area contributed by atoms with E-state index in [0.717, 1.165) is 45.7 Å². The highest BCUT2D eigenvalue weighted by Crippen LogP contribution is 2.22. The molecule has 0 bridgehead atoms. The fourth-order valence-corrected chi connectivity index (χ4v) is 3.55. The van der Waals surface area contributed by atoms with Gasteiger partial charge in [-0.2, -0.15) is 0 Å². The molecule has 0 unspecified atom stereocenters. The average Bonchev–Trinajstić information content (AvgIpc) is 2.53. The molecule has 2 heterocycles. The van der Waals surface area contributed by atoms with Gasteiger partial charge in [0.2, 0.25) is 0 Å². The van der Waals surface area contributed by atoms with Crippen LogP contribution < -0.4 is 0 Å². The summed E-state index contributed by atoms with van der Waals surface area (Å²) in [6.45, 7) is 9.52. The molecule has 2 fully saturated rings. The van der Waals surface area contributed by atoms with Crippen LogP contribution in [0.15, 0.2) is 18.2 Å². The molecule has 3 heteroatoms. The van der Waals surface area contributed by atoms with E-state index in [0.29, 0.717) is 12.2 Å². The zero-order chi connectivity index (χ0) is 15.4. The number of rotatable bonds is 4. The molecule has 3 nitrogen and oxygen atoms in total. The van der Waals surface area contributed by atoms with Gasteiger partial charge in [0.1, 0.15) is 0 Å². The Hall–Kier alpha value is -0.900. The van der Waals surface area contributed by atoms with E-state index in [4.69, 9.17) is 9.47 Å². The Kier molecular flexibility index (Phi) is 5.51. The Bertz CT molecular complexity index is 474. The summed E-state index contributed by atoms with van der Waals surface area (Å²) in [4.78, 5) is 2.57. The van der Waals surface area contributed by atoms with Crippen molar-refractivity contribution in [2.45, 2.75) is 58.3 Å². The molecule has 0 aromatic heterocycles. The Morgan fingerprint density at radius 3 is 2.41 bits per heavy atom. The van der Waals surface area contributed by atoms with Crippen LogP contribution in [0.3, 0.4) is 0 Å². The minimum absolute atomic E-state index is 0.435. The van der Waals surface area contributed by atoms with Crippen molar-refractivity contribution >= 4 is 0 Å². The maximum atomic E-state index is 6.26. The Morgan fingerprint density at radius 1 is 1.05 bits per heavy atom. The number of aryl methyl sites for hydroxylation is 2. The summed E-state index contributed by atoms with van der Waals surface area (Å²) < 4.78 is 11.7. The molecular formula is C19H29NO2. The molecule has 0 radical (unpaired) electrons. The van der Waals surface area contributed by atoms with Crippen LogP contribution in [0.1, 0.15) is 42.4 Å².